The van der Waals surface area contributed by atoms with Crippen molar-refractivity contribution in [1.29, 1.82) is 0 Å². The summed E-state index contributed by atoms with van der Waals surface area (Å²) in [7, 11) is -3.82. The van der Waals surface area contributed by atoms with Crippen LogP contribution < -0.4 is 14.8 Å². The van der Waals surface area contributed by atoms with Gasteiger partial charge in [-0.05, 0) is 50.2 Å². The molecule has 0 amide bonds. The van der Waals surface area contributed by atoms with Crippen LogP contribution in [0.15, 0.2) is 75.8 Å². The summed E-state index contributed by atoms with van der Waals surface area (Å²) in [6.07, 6.45) is 0.670. The highest BCUT2D eigenvalue weighted by molar-refractivity contribution is 7.92. The lowest BCUT2D eigenvalue weighted by Gasteiger charge is -2.27. The standard InChI is InChI=1S/C22H21N3O6S/c1-3-29-22-18(21(26)17-6-4-5-7-19(17)30-22)13-23-15-8-10-16(11-9-15)32(27,28)25-20-12-14(2)31-24-20/h4-13,22-23H,3H2,1-2H3,(H,24,25)/b18-13-. The molecule has 2 N–H and O–H groups in total. The zero-order valence-electron chi connectivity index (χ0n) is 17.4. The number of nitrogens with one attached hydrogen (secondary N) is 2. The van der Waals surface area contributed by atoms with Gasteiger partial charge in [0.1, 0.15) is 11.5 Å². The number of ether oxygens (including phenoxy) is 2. The summed E-state index contributed by atoms with van der Waals surface area (Å²) in [4.78, 5) is 13.0. The molecule has 4 rings (SSSR count). The molecule has 0 radical (unpaired) electrons. The van der Waals surface area contributed by atoms with Crippen LogP contribution in [0.25, 0.3) is 0 Å². The predicted molar refractivity (Wildman–Crippen MR) is 117 cm³/mol. The molecule has 166 valence electrons. The van der Waals surface area contributed by atoms with Crippen LogP contribution in [0.3, 0.4) is 0 Å². The summed E-state index contributed by atoms with van der Waals surface area (Å²) in [5.41, 5.74) is 1.34. The smallest absolute Gasteiger partial charge is 0.263 e. The number of nitrogens with zero attached hydrogens (tertiary/aromatic N) is 1. The van der Waals surface area contributed by atoms with Gasteiger partial charge in [0.15, 0.2) is 11.6 Å². The van der Waals surface area contributed by atoms with E-state index in [2.05, 4.69) is 15.2 Å². The summed E-state index contributed by atoms with van der Waals surface area (Å²) in [5, 5.41) is 6.64. The Kier molecular flexibility index (Phi) is 5.97. The van der Waals surface area contributed by atoms with Crippen LogP contribution in [-0.2, 0) is 14.8 Å². The Morgan fingerprint density at radius 1 is 1.16 bits per heavy atom. The second kappa shape index (κ2) is 8.85. The second-order valence-corrected chi connectivity index (χ2v) is 8.61. The van der Waals surface area contributed by atoms with E-state index >= 15 is 0 Å². The highest BCUT2D eigenvalue weighted by Crippen LogP contribution is 2.31. The summed E-state index contributed by atoms with van der Waals surface area (Å²) in [6, 6.07) is 14.5. The number of hydrogen-bond acceptors (Lipinski definition) is 8. The Morgan fingerprint density at radius 2 is 1.91 bits per heavy atom. The number of hydrogen-bond donors (Lipinski definition) is 2. The number of carbonyl (C=O) groups is 1. The van der Waals surface area contributed by atoms with Gasteiger partial charge in [-0.15, -0.1) is 0 Å². The topological polar surface area (TPSA) is 120 Å². The number of fused-ring (bicyclic) bond motifs is 1. The van der Waals surface area contributed by atoms with Gasteiger partial charge in [-0.3, -0.25) is 9.52 Å². The number of benzene rings is 2. The minimum Gasteiger partial charge on any atom is -0.460 e. The van der Waals surface area contributed by atoms with Gasteiger partial charge in [0, 0.05) is 24.6 Å². The first-order valence-electron chi connectivity index (χ1n) is 9.82. The molecule has 10 heteroatoms. The maximum absolute atomic E-state index is 12.9. The number of aryl methyl sites for hydroxylation is 1. The monoisotopic (exact) mass is 455 g/mol. The van der Waals surface area contributed by atoms with Gasteiger partial charge in [-0.25, -0.2) is 8.42 Å². The van der Waals surface area contributed by atoms with E-state index in [0.717, 1.165) is 0 Å². The fourth-order valence-electron chi connectivity index (χ4n) is 3.11. The number of sulfonamides is 1. The van der Waals surface area contributed by atoms with E-state index in [-0.39, 0.29) is 16.5 Å². The number of ketones is 1. The first kappa shape index (κ1) is 21.6. The molecule has 0 aliphatic carbocycles. The van der Waals surface area contributed by atoms with Gasteiger partial charge in [-0.2, -0.15) is 0 Å². The zero-order valence-corrected chi connectivity index (χ0v) is 18.2. The average molecular weight is 455 g/mol. The lowest BCUT2D eigenvalue weighted by atomic mass is 10.00. The van der Waals surface area contributed by atoms with Crippen molar-refractivity contribution >= 4 is 27.3 Å². The predicted octanol–water partition coefficient (Wildman–Crippen LogP) is 3.72. The summed E-state index contributed by atoms with van der Waals surface area (Å²) < 4.78 is 43.6. The molecule has 1 unspecified atom stereocenters. The second-order valence-electron chi connectivity index (χ2n) is 6.93. The van der Waals surface area contributed by atoms with Gasteiger partial charge in [0.05, 0.1) is 16.0 Å². The molecule has 0 fully saturated rings. The quantitative estimate of drug-likeness (QED) is 0.517. The summed E-state index contributed by atoms with van der Waals surface area (Å²) in [6.45, 7) is 3.84. The van der Waals surface area contributed by atoms with Crippen LogP contribution in [0.4, 0.5) is 11.5 Å². The van der Waals surface area contributed by atoms with Crippen molar-refractivity contribution in [2.24, 2.45) is 0 Å². The van der Waals surface area contributed by atoms with Crippen LogP contribution in [0.2, 0.25) is 0 Å². The highest BCUT2D eigenvalue weighted by Gasteiger charge is 2.32. The van der Waals surface area contributed by atoms with Crippen molar-refractivity contribution in [3.05, 3.63) is 77.7 Å². The Hall–Kier alpha value is -3.63. The van der Waals surface area contributed by atoms with E-state index in [1.165, 1.54) is 24.4 Å². The molecule has 0 spiro atoms. The minimum absolute atomic E-state index is 0.0505. The van der Waals surface area contributed by atoms with Crippen molar-refractivity contribution in [1.82, 2.24) is 5.16 Å². The molecule has 0 bridgehead atoms. The Labute approximate surface area is 185 Å². The lowest BCUT2D eigenvalue weighted by Crippen LogP contribution is -2.33. The molecule has 1 aliphatic rings. The highest BCUT2D eigenvalue weighted by atomic mass is 32.2. The molecule has 0 saturated heterocycles. The molecule has 9 nitrogen and oxygen atoms in total. The van der Waals surface area contributed by atoms with Gasteiger partial charge in [0.25, 0.3) is 10.0 Å². The van der Waals surface area contributed by atoms with Crippen LogP contribution >= 0.6 is 0 Å². The Morgan fingerprint density at radius 3 is 2.59 bits per heavy atom. The molecule has 3 aromatic rings. The maximum atomic E-state index is 12.9. The van der Waals surface area contributed by atoms with Crippen molar-refractivity contribution < 1.29 is 27.2 Å². The third kappa shape index (κ3) is 4.51. The zero-order chi connectivity index (χ0) is 22.7. The first-order chi connectivity index (χ1) is 15.4. The van der Waals surface area contributed by atoms with Gasteiger partial charge in [-0.1, -0.05) is 17.3 Å². The molecular weight excluding hydrogens is 434 g/mol. The van der Waals surface area contributed by atoms with Crippen molar-refractivity contribution in [3.8, 4) is 5.75 Å². The molecule has 0 saturated carbocycles. The molecule has 1 atom stereocenters. The third-order valence-corrected chi connectivity index (χ3v) is 6.00. The Balaban J connectivity index is 1.52. The molecule has 2 aromatic carbocycles. The number of carbonyl (C=O) groups excluding carboxylic acids is 1. The van der Waals surface area contributed by atoms with Crippen LogP contribution in [0.1, 0.15) is 23.0 Å². The largest absolute Gasteiger partial charge is 0.460 e. The molecule has 1 aliphatic heterocycles. The lowest BCUT2D eigenvalue weighted by molar-refractivity contribution is -0.0509. The maximum Gasteiger partial charge on any atom is 0.263 e. The SMILES string of the molecule is CCOC1Oc2ccccc2C(=O)/C1=C/Nc1ccc(S(=O)(=O)Nc2cc(C)on2)cc1. The molecule has 32 heavy (non-hydrogen) atoms. The van der Waals surface area contributed by atoms with E-state index in [1.807, 2.05) is 6.92 Å². The third-order valence-electron chi connectivity index (χ3n) is 4.63. The van der Waals surface area contributed by atoms with Gasteiger partial charge < -0.3 is 19.3 Å². The van der Waals surface area contributed by atoms with E-state index in [9.17, 15) is 13.2 Å². The minimum atomic E-state index is -3.82. The van der Waals surface area contributed by atoms with Crippen LogP contribution in [-0.4, -0.2) is 32.3 Å². The summed E-state index contributed by atoms with van der Waals surface area (Å²) in [5.74, 6) is 0.860. The fourth-order valence-corrected chi connectivity index (χ4v) is 4.09. The van der Waals surface area contributed by atoms with E-state index in [1.54, 1.807) is 43.3 Å². The van der Waals surface area contributed by atoms with E-state index < -0.39 is 16.3 Å². The average Bonchev–Trinajstić information content (AvgIpc) is 3.18. The number of rotatable bonds is 7. The van der Waals surface area contributed by atoms with Crippen LogP contribution in [0, 0.1) is 6.92 Å². The molecule has 1 aromatic heterocycles. The number of para-hydroxylation sites is 1. The number of Topliss-reactive ketones (excluding diaryl/α,β-unsaturated/α-hetero) is 1. The first-order valence-corrected chi connectivity index (χ1v) is 11.3. The van der Waals surface area contributed by atoms with E-state index in [4.69, 9.17) is 14.0 Å². The van der Waals surface area contributed by atoms with Crippen molar-refractivity contribution in [2.45, 2.75) is 25.0 Å². The molecule has 2 heterocycles. The number of aromatic nitrogens is 1. The van der Waals surface area contributed by atoms with Gasteiger partial charge in [0.2, 0.25) is 6.29 Å². The summed E-state index contributed by atoms with van der Waals surface area (Å²) >= 11 is 0. The van der Waals surface area contributed by atoms with Gasteiger partial charge >= 0.3 is 0 Å². The van der Waals surface area contributed by atoms with Crippen molar-refractivity contribution in [2.75, 3.05) is 16.6 Å². The van der Waals surface area contributed by atoms with Crippen molar-refractivity contribution in [3.63, 3.8) is 0 Å². The molecular formula is C22H21N3O6S. The van der Waals surface area contributed by atoms with E-state index in [0.29, 0.717) is 34.9 Å². The Bertz CT molecular complexity index is 1260. The fraction of sp³-hybridized carbons (Fsp3) is 0.182. The normalized spacial score (nSPS) is 17.0. The van der Waals surface area contributed by atoms with Crippen LogP contribution in [0.5, 0.6) is 5.75 Å². The number of anilines is 2.